The van der Waals surface area contributed by atoms with Gasteiger partial charge >= 0.3 is 0 Å². The van der Waals surface area contributed by atoms with Crippen LogP contribution in [0.25, 0.3) is 16.5 Å². The zero-order chi connectivity index (χ0) is 83.8. The van der Waals surface area contributed by atoms with Crippen LogP contribution in [0.15, 0.2) is 147 Å². The van der Waals surface area contributed by atoms with Crippen molar-refractivity contribution in [2.24, 2.45) is 35.1 Å². The van der Waals surface area contributed by atoms with Crippen LogP contribution in [0.1, 0.15) is 143 Å². The lowest BCUT2D eigenvalue weighted by Crippen LogP contribution is -2.58. The van der Waals surface area contributed by atoms with E-state index in [1.54, 1.807) is 86.2 Å². The van der Waals surface area contributed by atoms with Crippen molar-refractivity contribution in [3.05, 3.63) is 186 Å². The number of carbonyl (C=O) groups excluding carboxylic acids is 12. The van der Waals surface area contributed by atoms with E-state index in [1.165, 1.54) is 48.1 Å². The Bertz CT molecular complexity index is 4600. The lowest BCUT2D eigenvalue weighted by atomic mass is 9.81. The van der Waals surface area contributed by atoms with Gasteiger partial charge in [-0.1, -0.05) is 144 Å². The first-order chi connectivity index (χ1) is 56.3. The quantitative estimate of drug-likeness (QED) is 0.00956. The van der Waals surface area contributed by atoms with Crippen molar-refractivity contribution < 1.29 is 57.5 Å². The molecular formula is C85H108N18O12S2. The van der Waals surface area contributed by atoms with Crippen molar-refractivity contribution in [1.29, 1.82) is 10.8 Å². The number of nitrogens with zero attached hydrogens (tertiary/aromatic N) is 2. The number of fused-ring (bicyclic) bond motifs is 2. The van der Waals surface area contributed by atoms with E-state index in [4.69, 9.17) is 22.3 Å². The number of H-pyrrole nitrogens is 3. The number of unbranched alkanes of at least 4 members (excludes halogenated alkanes) is 1. The molecule has 3 aromatic heterocycles. The van der Waals surface area contributed by atoms with E-state index in [2.05, 4.69) is 72.8 Å². The van der Waals surface area contributed by atoms with Gasteiger partial charge in [0.2, 0.25) is 47.3 Å². The van der Waals surface area contributed by atoms with Crippen LogP contribution < -0.4 is 59.3 Å². The summed E-state index contributed by atoms with van der Waals surface area (Å²) >= 11 is 0. The van der Waals surface area contributed by atoms with Crippen LogP contribution in [0.4, 0.5) is 0 Å². The number of guanidine groups is 1. The maximum absolute atomic E-state index is 15.4. The molecule has 8 amide bonds. The SMILES string of the molecule is CC(=O)N[C@@H](Cc1c[nH]cn1)C(=O)N[C@H](Cc1ccccc1)C(=O)N[C@@H](CCCCC(=N)N)C(=O)N[C@@H](CC1=CCc2ccccc21)C(=O)C[C@H](C)C(=O)C[C@H]1CCSSCCCNC(=O)[C@@H](C)NC(=O)[C@H](Cc2c[nH]c3ccccc23)NC(=O)[C@H](CCCNC(=N)N)NC(=O)[C@@H](Cc2ccccc2)CC(=O)[C@H](Cc2c[nH]cn2)CC1=O. The van der Waals surface area contributed by atoms with Crippen LogP contribution in [0.5, 0.6) is 0 Å². The number of hydrogen-bond donors (Lipinski definition) is 16. The van der Waals surface area contributed by atoms with E-state index in [0.29, 0.717) is 58.8 Å². The van der Waals surface area contributed by atoms with E-state index < -0.39 is 149 Å². The van der Waals surface area contributed by atoms with Crippen molar-refractivity contribution >= 4 is 120 Å². The molecule has 30 nitrogen and oxygen atoms in total. The van der Waals surface area contributed by atoms with Gasteiger partial charge < -0.3 is 74.3 Å². The number of nitrogens with two attached hydrogens (primary N) is 2. The van der Waals surface area contributed by atoms with E-state index in [-0.39, 0.29) is 115 Å². The summed E-state index contributed by atoms with van der Waals surface area (Å²) in [6, 6.07) is 24.2. The zero-order valence-corrected chi connectivity index (χ0v) is 67.9. The first-order valence-corrected chi connectivity index (χ1v) is 42.3. The van der Waals surface area contributed by atoms with E-state index in [9.17, 15) is 28.8 Å². The van der Waals surface area contributed by atoms with E-state index >= 15 is 28.8 Å². The van der Waals surface area contributed by atoms with Crippen molar-refractivity contribution in [3.8, 4) is 0 Å². The maximum atomic E-state index is 15.4. The molecule has 2 aliphatic rings. The number of imidazole rings is 2. The fourth-order valence-corrected chi connectivity index (χ4v) is 16.7. The number of Topliss-reactive ketones (excluding diaryl/α,β-unsaturated/α-hetero) is 4. The molecular weight excluding hydrogens is 1530 g/mol. The van der Waals surface area contributed by atoms with Gasteiger partial charge in [-0.05, 0) is 97.7 Å². The molecule has 0 saturated carbocycles. The number of rotatable bonds is 34. The molecule has 0 bridgehead atoms. The number of amides is 8. The molecule has 32 heteroatoms. The summed E-state index contributed by atoms with van der Waals surface area (Å²) in [5.74, 6) is -10.9. The average Bonchev–Trinajstić information content (AvgIpc) is 1.75. The van der Waals surface area contributed by atoms with Crippen LogP contribution in [0, 0.1) is 34.5 Å². The minimum atomic E-state index is -1.33. The molecule has 18 N–H and O–H groups in total. The highest BCUT2D eigenvalue weighted by atomic mass is 33.1. The third kappa shape index (κ3) is 28.7. The fourth-order valence-electron chi connectivity index (χ4n) is 14.5. The van der Waals surface area contributed by atoms with Crippen LogP contribution in [0.2, 0.25) is 0 Å². The number of para-hydroxylation sites is 1. The number of hydrogen-bond acceptors (Lipinski definition) is 18. The molecule has 1 aliphatic carbocycles. The summed E-state index contributed by atoms with van der Waals surface area (Å²) in [7, 11) is 2.94. The monoisotopic (exact) mass is 1640 g/mol. The molecule has 7 aromatic rings. The summed E-state index contributed by atoms with van der Waals surface area (Å²) in [4.78, 5) is 194. The Morgan fingerprint density at radius 1 is 0.598 bits per heavy atom. The number of ketones is 4. The highest BCUT2D eigenvalue weighted by Crippen LogP contribution is 2.33. The molecule has 11 atom stereocenters. The molecule has 4 heterocycles. The molecule has 1 fully saturated rings. The number of amidine groups is 1. The number of aromatic amines is 3. The lowest BCUT2D eigenvalue weighted by molar-refractivity contribution is -0.136. The third-order valence-electron chi connectivity index (χ3n) is 20.9. The first-order valence-electron chi connectivity index (χ1n) is 39.8. The number of carbonyl (C=O) groups is 12. The Morgan fingerprint density at radius 2 is 1.22 bits per heavy atom. The second kappa shape index (κ2) is 45.7. The summed E-state index contributed by atoms with van der Waals surface area (Å²) < 4.78 is 0. The van der Waals surface area contributed by atoms with Gasteiger partial charge in [0.05, 0.1) is 35.9 Å². The molecule has 622 valence electrons. The smallest absolute Gasteiger partial charge is 0.243 e. The fraction of sp³-hybridized carbons (Fsp3) is 0.435. The Hall–Kier alpha value is -11.5. The second-order valence-corrected chi connectivity index (χ2v) is 32.8. The van der Waals surface area contributed by atoms with Gasteiger partial charge in [-0.2, -0.15) is 0 Å². The summed E-state index contributed by atoms with van der Waals surface area (Å²) in [6.07, 6.45) is 10.3. The van der Waals surface area contributed by atoms with Gasteiger partial charge in [0.25, 0.3) is 0 Å². The summed E-state index contributed by atoms with van der Waals surface area (Å²) in [5.41, 5.74) is 17.7. The van der Waals surface area contributed by atoms with E-state index in [0.717, 1.165) is 27.6 Å². The normalized spacial score (nSPS) is 19.5. The Labute approximate surface area is 688 Å². The summed E-state index contributed by atoms with van der Waals surface area (Å²) in [5, 5.41) is 42.0. The van der Waals surface area contributed by atoms with Gasteiger partial charge in [-0.15, -0.1) is 0 Å². The second-order valence-electron chi connectivity index (χ2n) is 30.1. The summed E-state index contributed by atoms with van der Waals surface area (Å²) in [6.45, 7) is 4.73. The van der Waals surface area contributed by atoms with Crippen molar-refractivity contribution in [2.75, 3.05) is 24.6 Å². The molecule has 0 unspecified atom stereocenters. The number of aromatic nitrogens is 5. The first kappa shape index (κ1) is 89.4. The minimum absolute atomic E-state index is 0.00770. The van der Waals surface area contributed by atoms with Crippen molar-refractivity contribution in [1.82, 2.24) is 72.8 Å². The van der Waals surface area contributed by atoms with Crippen LogP contribution in [-0.4, -0.2) is 174 Å². The number of benzene rings is 4. The highest BCUT2D eigenvalue weighted by molar-refractivity contribution is 8.76. The maximum Gasteiger partial charge on any atom is 0.243 e. The average molecular weight is 1640 g/mol. The van der Waals surface area contributed by atoms with Gasteiger partial charge in [-0.25, -0.2) is 9.97 Å². The number of allylic oxidation sites excluding steroid dienone is 1. The Morgan fingerprint density at radius 3 is 1.93 bits per heavy atom. The molecule has 1 aliphatic heterocycles. The molecule has 9 rings (SSSR count). The molecule has 0 spiro atoms. The minimum Gasteiger partial charge on any atom is -0.388 e. The standard InChI is InChI=1S/C85H108N18O12S2/c1-51(36-76(108)69(40-57-30-29-56-22-10-11-23-64(56)57)101-80(111)67(26-14-15-28-77(86)87)100-83(114)70(38-55-20-8-5-9-21-55)102-84(115)72(98-53(3)104)45-63-48-91-50-96-63)73(105)42-58-31-35-117-116-34-17-33-92-78(109)52(2)97-82(113)71(41-61-46-94-66-25-13-12-24-65(61)66)103-81(112)68(27-16-32-93-85(88)89)99-79(110)60(37-54-18-6-4-7-19-54)44-75(107)59(43-74(58)106)39-62-47-90-49-95-62/h4-13,18-25,30,46-52,58-60,67-72,94H,14-17,26-29,31-45H2,1-3H3,(H3,86,87)(H,90,95)(H,91,96)(H,92,109)(H,97,113)(H,98,104)(H,99,110)(H,100,114)(H,101,111)(H,102,115)(H,103,112)(H4,88,89,93)/t51-,52+,58+,59+,60-,67-,68-,69-,70+,71-,72-/m0/s1. The van der Waals surface area contributed by atoms with Gasteiger partial charge in [0.1, 0.15) is 53.6 Å². The van der Waals surface area contributed by atoms with Gasteiger partial charge in [-0.3, -0.25) is 68.4 Å². The molecule has 1 saturated heterocycles. The van der Waals surface area contributed by atoms with Crippen molar-refractivity contribution in [3.63, 3.8) is 0 Å². The predicted octanol–water partition coefficient (Wildman–Crippen LogP) is 5.96. The van der Waals surface area contributed by atoms with Gasteiger partial charge in [0, 0.05) is 149 Å². The largest absolute Gasteiger partial charge is 0.388 e. The van der Waals surface area contributed by atoms with Crippen molar-refractivity contribution in [2.45, 2.75) is 185 Å². The third-order valence-corrected chi connectivity index (χ3v) is 23.4. The predicted molar refractivity (Wildman–Crippen MR) is 449 cm³/mol. The highest BCUT2D eigenvalue weighted by Gasteiger charge is 2.38. The molecule has 4 aromatic carbocycles. The zero-order valence-electron chi connectivity index (χ0n) is 66.2. The van der Waals surface area contributed by atoms with Gasteiger partial charge in [0.15, 0.2) is 11.7 Å². The Balaban J connectivity index is 0.978. The Kier molecular flexibility index (Phi) is 34.9. The lowest BCUT2D eigenvalue weighted by Gasteiger charge is -2.27. The van der Waals surface area contributed by atoms with Crippen LogP contribution in [0.3, 0.4) is 0 Å². The molecule has 117 heavy (non-hydrogen) atoms. The van der Waals surface area contributed by atoms with Crippen LogP contribution >= 0.6 is 21.6 Å². The van der Waals surface area contributed by atoms with Crippen LogP contribution in [-0.2, 0) is 96.1 Å². The topological polar surface area (TPSA) is 486 Å². The van der Waals surface area contributed by atoms with E-state index in [1.807, 2.05) is 54.6 Å². The number of nitrogens with one attached hydrogen (secondary N) is 14. The molecule has 0 radical (unpaired) electrons.